The lowest BCUT2D eigenvalue weighted by molar-refractivity contribution is 0.270. The van der Waals surface area contributed by atoms with Gasteiger partial charge in [0.1, 0.15) is 6.26 Å². The molecule has 4 nitrogen and oxygen atoms in total. The van der Waals surface area contributed by atoms with Crippen molar-refractivity contribution in [1.29, 1.82) is 0 Å². The first-order chi connectivity index (χ1) is 7.76. The molecule has 5 heteroatoms. The summed E-state index contributed by atoms with van der Waals surface area (Å²) in [6.45, 7) is 5.24. The van der Waals surface area contributed by atoms with Crippen LogP contribution in [0, 0.1) is 6.92 Å². The Labute approximate surface area is 101 Å². The number of hydrogen-bond acceptors (Lipinski definition) is 5. The van der Waals surface area contributed by atoms with Gasteiger partial charge in [0.15, 0.2) is 0 Å². The molecule has 1 rings (SSSR count). The number of nitrogens with one attached hydrogen (secondary N) is 1. The molecule has 0 aliphatic rings. The van der Waals surface area contributed by atoms with Crippen molar-refractivity contribution in [3.05, 3.63) is 12.0 Å². The van der Waals surface area contributed by atoms with Gasteiger partial charge >= 0.3 is 0 Å². The van der Waals surface area contributed by atoms with Crippen LogP contribution in [0.5, 0.6) is 0 Å². The fourth-order valence-electron chi connectivity index (χ4n) is 1.32. The van der Waals surface area contributed by atoms with Crippen LogP contribution in [0.3, 0.4) is 0 Å². The molecule has 0 radical (unpaired) electrons. The predicted octanol–water partition coefficient (Wildman–Crippen LogP) is 1.83. The number of aliphatic hydroxyl groups excluding tert-OH is 1. The van der Waals surface area contributed by atoms with Gasteiger partial charge in [-0.2, -0.15) is 0 Å². The third-order valence-corrected chi connectivity index (χ3v) is 3.17. The summed E-state index contributed by atoms with van der Waals surface area (Å²) in [5, 5.41) is 13.1. The van der Waals surface area contributed by atoms with E-state index in [1.165, 1.54) is 0 Å². The Morgan fingerprint density at radius 1 is 1.62 bits per heavy atom. The van der Waals surface area contributed by atoms with Crippen molar-refractivity contribution in [3.8, 4) is 0 Å². The second-order valence-corrected chi connectivity index (χ2v) is 4.70. The molecule has 16 heavy (non-hydrogen) atoms. The largest absolute Gasteiger partial charge is 0.440 e. The third kappa shape index (κ3) is 5.01. The van der Waals surface area contributed by atoms with Crippen molar-refractivity contribution < 1.29 is 9.52 Å². The second-order valence-electron chi connectivity index (χ2n) is 3.73. The Kier molecular flexibility index (Phi) is 6.52. The van der Waals surface area contributed by atoms with Crippen molar-refractivity contribution in [2.45, 2.75) is 38.0 Å². The van der Waals surface area contributed by atoms with Gasteiger partial charge in [-0.3, -0.25) is 0 Å². The maximum atomic E-state index is 8.95. The fourth-order valence-corrected chi connectivity index (χ4v) is 2.27. The van der Waals surface area contributed by atoms with Crippen LogP contribution >= 0.6 is 11.8 Å². The number of aliphatic hydroxyl groups is 1. The van der Waals surface area contributed by atoms with Crippen LogP contribution in [0.1, 0.15) is 25.5 Å². The number of nitrogens with zero attached hydrogens (tertiary/aromatic N) is 1. The molecule has 0 saturated carbocycles. The van der Waals surface area contributed by atoms with Crippen molar-refractivity contribution in [1.82, 2.24) is 10.3 Å². The predicted molar refractivity (Wildman–Crippen MR) is 65.7 cm³/mol. The highest BCUT2D eigenvalue weighted by molar-refractivity contribution is 7.99. The zero-order chi connectivity index (χ0) is 11.8. The van der Waals surface area contributed by atoms with Gasteiger partial charge in [0.25, 0.3) is 5.22 Å². The summed E-state index contributed by atoms with van der Waals surface area (Å²) in [4.78, 5) is 4.23. The molecule has 0 amide bonds. The smallest absolute Gasteiger partial charge is 0.255 e. The van der Waals surface area contributed by atoms with E-state index in [0.717, 1.165) is 30.8 Å². The summed E-state index contributed by atoms with van der Waals surface area (Å²) < 4.78 is 5.26. The highest BCUT2D eigenvalue weighted by Gasteiger charge is 2.10. The van der Waals surface area contributed by atoms with Gasteiger partial charge in [-0.15, -0.1) is 0 Å². The van der Waals surface area contributed by atoms with Crippen LogP contribution in [0.15, 0.2) is 15.9 Å². The van der Waals surface area contributed by atoms with Crippen LogP contribution in [0.25, 0.3) is 0 Å². The van der Waals surface area contributed by atoms with Gasteiger partial charge in [0.05, 0.1) is 5.69 Å². The van der Waals surface area contributed by atoms with E-state index in [0.29, 0.717) is 11.3 Å². The fraction of sp³-hybridized carbons (Fsp3) is 0.727. The van der Waals surface area contributed by atoms with Gasteiger partial charge in [-0.1, -0.05) is 18.7 Å². The second kappa shape index (κ2) is 7.70. The number of aromatic nitrogens is 1. The van der Waals surface area contributed by atoms with Gasteiger partial charge in [0.2, 0.25) is 0 Å². The quantitative estimate of drug-likeness (QED) is 0.683. The van der Waals surface area contributed by atoms with Crippen LogP contribution in [0.4, 0.5) is 0 Å². The Balaban J connectivity index is 2.30. The third-order valence-electron chi connectivity index (χ3n) is 2.17. The molecule has 0 aromatic carbocycles. The van der Waals surface area contributed by atoms with Crippen LogP contribution in [-0.4, -0.2) is 35.0 Å². The molecule has 0 aliphatic carbocycles. The van der Waals surface area contributed by atoms with E-state index in [2.05, 4.69) is 17.2 Å². The van der Waals surface area contributed by atoms with Crippen molar-refractivity contribution in [3.63, 3.8) is 0 Å². The molecular weight excluding hydrogens is 224 g/mol. The lowest BCUT2D eigenvalue weighted by Crippen LogP contribution is -2.32. The summed E-state index contributed by atoms with van der Waals surface area (Å²) in [6, 6.07) is 0.321. The van der Waals surface area contributed by atoms with Crippen molar-refractivity contribution in [2.75, 3.05) is 18.9 Å². The lowest BCUT2D eigenvalue weighted by Gasteiger charge is -2.15. The molecule has 2 N–H and O–H groups in total. The Morgan fingerprint density at radius 3 is 3.00 bits per heavy atom. The molecule has 1 aromatic heterocycles. The summed E-state index contributed by atoms with van der Waals surface area (Å²) in [5.74, 6) is 0.876. The first-order valence-corrected chi connectivity index (χ1v) is 6.64. The molecule has 0 bridgehead atoms. The van der Waals surface area contributed by atoms with E-state index in [9.17, 15) is 0 Å². The minimum absolute atomic E-state index is 0.215. The van der Waals surface area contributed by atoms with Crippen molar-refractivity contribution in [2.24, 2.45) is 0 Å². The normalized spacial score (nSPS) is 12.9. The van der Waals surface area contributed by atoms with Crippen molar-refractivity contribution >= 4 is 11.8 Å². The van der Waals surface area contributed by atoms with Gasteiger partial charge in [-0.25, -0.2) is 4.98 Å². The van der Waals surface area contributed by atoms with E-state index in [-0.39, 0.29) is 6.61 Å². The number of rotatable bonds is 8. The van der Waals surface area contributed by atoms with E-state index in [4.69, 9.17) is 9.52 Å². The molecular formula is C11H20N2O2S. The molecule has 92 valence electrons. The number of hydrogen-bond donors (Lipinski definition) is 2. The number of aryl methyl sites for hydroxylation is 1. The molecule has 1 heterocycles. The number of thioether (sulfide) groups is 1. The average molecular weight is 244 g/mol. The van der Waals surface area contributed by atoms with E-state index < -0.39 is 0 Å². The monoisotopic (exact) mass is 244 g/mol. The molecule has 1 aromatic rings. The van der Waals surface area contributed by atoms with Gasteiger partial charge in [-0.05, 0) is 26.3 Å². The van der Waals surface area contributed by atoms with E-state index in [1.807, 2.05) is 6.92 Å². The molecule has 1 atom stereocenters. The van der Waals surface area contributed by atoms with E-state index in [1.54, 1.807) is 18.0 Å². The standard InChI is InChI=1S/C11H20N2O2S/c1-3-5-12-10(4-6-14)8-16-11-13-9(2)7-15-11/h7,10,12,14H,3-6,8H2,1-2H3. The zero-order valence-corrected chi connectivity index (χ0v) is 10.7. The maximum absolute atomic E-state index is 8.95. The van der Waals surface area contributed by atoms with Gasteiger partial charge < -0.3 is 14.8 Å². The Hall–Kier alpha value is -0.520. The highest BCUT2D eigenvalue weighted by atomic mass is 32.2. The summed E-state index contributed by atoms with van der Waals surface area (Å²) in [5.41, 5.74) is 0.905. The summed E-state index contributed by atoms with van der Waals surface area (Å²) in [7, 11) is 0. The zero-order valence-electron chi connectivity index (χ0n) is 9.90. The minimum atomic E-state index is 0.215. The number of oxazole rings is 1. The highest BCUT2D eigenvalue weighted by Crippen LogP contribution is 2.18. The lowest BCUT2D eigenvalue weighted by atomic mass is 10.2. The van der Waals surface area contributed by atoms with Crippen LogP contribution < -0.4 is 5.32 Å². The van der Waals surface area contributed by atoms with Gasteiger partial charge in [0, 0.05) is 18.4 Å². The average Bonchev–Trinajstić information content (AvgIpc) is 2.68. The minimum Gasteiger partial charge on any atom is -0.440 e. The molecule has 0 fully saturated rings. The SMILES string of the molecule is CCCNC(CCO)CSc1nc(C)co1. The Morgan fingerprint density at radius 2 is 2.44 bits per heavy atom. The van der Waals surface area contributed by atoms with Crippen LogP contribution in [0.2, 0.25) is 0 Å². The first-order valence-electron chi connectivity index (χ1n) is 5.65. The summed E-state index contributed by atoms with van der Waals surface area (Å²) >= 11 is 1.59. The molecule has 0 spiro atoms. The van der Waals surface area contributed by atoms with E-state index >= 15 is 0 Å². The topological polar surface area (TPSA) is 58.3 Å². The molecule has 0 aliphatic heterocycles. The first kappa shape index (κ1) is 13.5. The molecule has 0 saturated heterocycles. The van der Waals surface area contributed by atoms with Crippen LogP contribution in [-0.2, 0) is 0 Å². The maximum Gasteiger partial charge on any atom is 0.255 e. The summed E-state index contributed by atoms with van der Waals surface area (Å²) in [6.07, 6.45) is 3.53. The Bertz CT molecular complexity index is 291. The molecule has 1 unspecified atom stereocenters.